The molecule has 1 aliphatic rings. The number of hydrogen-bond donors (Lipinski definition) is 1. The largest absolute Gasteiger partial charge is 0.310 e. The minimum atomic E-state index is 0.0200. The van der Waals surface area contributed by atoms with Gasteiger partial charge in [0.05, 0.1) is 22.3 Å². The van der Waals surface area contributed by atoms with E-state index in [2.05, 4.69) is 12.6 Å². The molecule has 1 fully saturated rings. The van der Waals surface area contributed by atoms with Crippen LogP contribution in [0.1, 0.15) is 12.0 Å². The first-order valence-corrected chi connectivity index (χ1v) is 5.69. The summed E-state index contributed by atoms with van der Waals surface area (Å²) in [6.45, 7) is 0.563. The summed E-state index contributed by atoms with van der Waals surface area (Å²) in [4.78, 5) is 13.3. The Morgan fingerprint density at radius 2 is 2.31 bits per heavy atom. The molecule has 0 N–H and O–H groups in total. The van der Waals surface area contributed by atoms with Crippen LogP contribution in [0.3, 0.4) is 0 Å². The van der Waals surface area contributed by atoms with Crippen molar-refractivity contribution in [2.24, 2.45) is 0 Å². The number of amides is 1. The first-order valence-electron chi connectivity index (χ1n) is 4.80. The molecule has 16 heavy (non-hydrogen) atoms. The molecule has 5 heteroatoms. The van der Waals surface area contributed by atoms with E-state index in [4.69, 9.17) is 16.9 Å². The highest BCUT2D eigenvalue weighted by Crippen LogP contribution is 2.31. The van der Waals surface area contributed by atoms with Gasteiger partial charge in [-0.15, -0.1) is 0 Å². The maximum atomic E-state index is 11.6. The normalized spacial score (nSPS) is 19.9. The van der Waals surface area contributed by atoms with E-state index < -0.39 is 0 Å². The van der Waals surface area contributed by atoms with Crippen LogP contribution >= 0.6 is 24.2 Å². The molecule has 0 saturated carbocycles. The summed E-state index contributed by atoms with van der Waals surface area (Å²) >= 11 is 10.3. The van der Waals surface area contributed by atoms with Crippen molar-refractivity contribution in [3.05, 3.63) is 28.8 Å². The molecule has 3 nitrogen and oxygen atoms in total. The Bertz CT molecular complexity index is 483. The Balaban J connectivity index is 2.35. The Morgan fingerprint density at radius 3 is 2.81 bits per heavy atom. The third kappa shape index (κ3) is 2.01. The van der Waals surface area contributed by atoms with E-state index in [-0.39, 0.29) is 11.2 Å². The van der Waals surface area contributed by atoms with Crippen LogP contribution in [0.2, 0.25) is 5.02 Å². The Kier molecular flexibility index (Phi) is 3.08. The minimum absolute atomic E-state index is 0.0200. The molecule has 1 aromatic rings. The summed E-state index contributed by atoms with van der Waals surface area (Å²) in [5.74, 6) is 0.0200. The Labute approximate surface area is 104 Å². The van der Waals surface area contributed by atoms with Gasteiger partial charge in [-0.25, -0.2) is 0 Å². The first kappa shape index (κ1) is 11.3. The van der Waals surface area contributed by atoms with Crippen LogP contribution in [0.25, 0.3) is 0 Å². The second-order valence-electron chi connectivity index (χ2n) is 3.64. The van der Waals surface area contributed by atoms with Crippen molar-refractivity contribution in [3.8, 4) is 6.07 Å². The van der Waals surface area contributed by atoms with Crippen LogP contribution in [0.4, 0.5) is 5.69 Å². The number of halogens is 1. The van der Waals surface area contributed by atoms with Crippen molar-refractivity contribution in [3.63, 3.8) is 0 Å². The van der Waals surface area contributed by atoms with Crippen LogP contribution in [0, 0.1) is 11.3 Å². The predicted molar refractivity (Wildman–Crippen MR) is 65.9 cm³/mol. The number of carbonyl (C=O) groups excluding carboxylic acids is 1. The lowest BCUT2D eigenvalue weighted by Gasteiger charge is -2.17. The average Bonchev–Trinajstić information content (AvgIpc) is 2.57. The van der Waals surface area contributed by atoms with Gasteiger partial charge in [-0.2, -0.15) is 17.9 Å². The van der Waals surface area contributed by atoms with Gasteiger partial charge in [0.1, 0.15) is 0 Å². The molecule has 0 bridgehead atoms. The number of carbonyl (C=O) groups is 1. The molecule has 1 saturated heterocycles. The number of nitrogens with zero attached hydrogens (tertiary/aromatic N) is 2. The van der Waals surface area contributed by atoms with Gasteiger partial charge in [0.15, 0.2) is 0 Å². The molecule has 82 valence electrons. The lowest BCUT2D eigenvalue weighted by Crippen LogP contribution is -2.24. The monoisotopic (exact) mass is 252 g/mol. The summed E-state index contributed by atoms with van der Waals surface area (Å²) in [6, 6.07) is 6.92. The standard InChI is InChI=1S/C11H9ClN2OS/c12-9-3-7(5-13)1-2-10(9)14-6-8(16)4-11(14)15/h1-3,8,16H,4,6H2. The van der Waals surface area contributed by atoms with Crippen LogP contribution in [0.5, 0.6) is 0 Å². The molecule has 0 aliphatic carbocycles. The zero-order valence-corrected chi connectivity index (χ0v) is 10.0. The molecule has 1 amide bonds. The van der Waals surface area contributed by atoms with Crippen LogP contribution < -0.4 is 4.90 Å². The maximum Gasteiger partial charge on any atom is 0.228 e. The highest BCUT2D eigenvalue weighted by molar-refractivity contribution is 7.81. The SMILES string of the molecule is N#Cc1ccc(N2CC(S)CC2=O)c(Cl)c1. The van der Waals surface area contributed by atoms with Gasteiger partial charge < -0.3 is 4.90 Å². The molecular weight excluding hydrogens is 244 g/mol. The summed E-state index contributed by atoms with van der Waals surface area (Å²) in [7, 11) is 0. The topological polar surface area (TPSA) is 44.1 Å². The molecule has 1 unspecified atom stereocenters. The first-order chi connectivity index (χ1) is 7.61. The molecule has 0 aromatic heterocycles. The van der Waals surface area contributed by atoms with Gasteiger partial charge in [-0.1, -0.05) is 11.6 Å². The summed E-state index contributed by atoms with van der Waals surface area (Å²) < 4.78 is 0. The van der Waals surface area contributed by atoms with E-state index in [1.165, 1.54) is 0 Å². The maximum absolute atomic E-state index is 11.6. The molecular formula is C11H9ClN2OS. The highest BCUT2D eigenvalue weighted by Gasteiger charge is 2.29. The highest BCUT2D eigenvalue weighted by atomic mass is 35.5. The van der Waals surface area contributed by atoms with Crippen molar-refractivity contribution >= 4 is 35.8 Å². The van der Waals surface area contributed by atoms with E-state index in [0.29, 0.717) is 29.2 Å². The van der Waals surface area contributed by atoms with Crippen molar-refractivity contribution in [2.45, 2.75) is 11.7 Å². The van der Waals surface area contributed by atoms with Gasteiger partial charge in [0.25, 0.3) is 0 Å². The van der Waals surface area contributed by atoms with Crippen LogP contribution in [-0.2, 0) is 4.79 Å². The molecule has 0 spiro atoms. The molecule has 1 aliphatic heterocycles. The van der Waals surface area contributed by atoms with E-state index in [1.807, 2.05) is 6.07 Å². The van der Waals surface area contributed by atoms with E-state index in [0.717, 1.165) is 0 Å². The Hall–Kier alpha value is -1.18. The molecule has 1 aromatic carbocycles. The number of nitriles is 1. The van der Waals surface area contributed by atoms with Crippen molar-refractivity contribution in [1.82, 2.24) is 0 Å². The molecule has 0 radical (unpaired) electrons. The summed E-state index contributed by atoms with van der Waals surface area (Å²) in [5.41, 5.74) is 1.14. The van der Waals surface area contributed by atoms with Crippen molar-refractivity contribution in [2.75, 3.05) is 11.4 Å². The third-order valence-electron chi connectivity index (χ3n) is 2.47. The van der Waals surface area contributed by atoms with Crippen LogP contribution in [-0.4, -0.2) is 17.7 Å². The molecule has 1 heterocycles. The zero-order valence-electron chi connectivity index (χ0n) is 8.35. The second-order valence-corrected chi connectivity index (χ2v) is 4.78. The second kappa shape index (κ2) is 4.36. The predicted octanol–water partition coefficient (Wildman–Crippen LogP) is 2.25. The van der Waals surface area contributed by atoms with Crippen molar-refractivity contribution in [1.29, 1.82) is 5.26 Å². The molecule has 2 rings (SSSR count). The van der Waals surface area contributed by atoms with E-state index >= 15 is 0 Å². The fourth-order valence-corrected chi connectivity index (χ4v) is 2.32. The van der Waals surface area contributed by atoms with Gasteiger partial charge in [-0.05, 0) is 18.2 Å². The lowest BCUT2D eigenvalue weighted by atomic mass is 10.2. The summed E-state index contributed by atoms with van der Waals surface area (Å²) in [5, 5.41) is 9.19. The Morgan fingerprint density at radius 1 is 1.56 bits per heavy atom. The number of thiol groups is 1. The fourth-order valence-electron chi connectivity index (χ4n) is 1.72. The van der Waals surface area contributed by atoms with Gasteiger partial charge >= 0.3 is 0 Å². The van der Waals surface area contributed by atoms with E-state index in [1.54, 1.807) is 23.1 Å². The fraction of sp³-hybridized carbons (Fsp3) is 0.273. The lowest BCUT2D eigenvalue weighted by molar-refractivity contribution is -0.117. The van der Waals surface area contributed by atoms with Gasteiger partial charge in [0, 0.05) is 18.2 Å². The number of anilines is 1. The van der Waals surface area contributed by atoms with Gasteiger partial charge in [-0.3, -0.25) is 4.79 Å². The quantitative estimate of drug-likeness (QED) is 0.779. The third-order valence-corrected chi connectivity index (χ3v) is 3.12. The zero-order chi connectivity index (χ0) is 11.7. The van der Waals surface area contributed by atoms with Crippen molar-refractivity contribution < 1.29 is 4.79 Å². The minimum Gasteiger partial charge on any atom is -0.310 e. The van der Waals surface area contributed by atoms with Gasteiger partial charge in [0.2, 0.25) is 5.91 Å². The molecule has 1 atom stereocenters. The smallest absolute Gasteiger partial charge is 0.228 e. The number of rotatable bonds is 1. The van der Waals surface area contributed by atoms with E-state index in [9.17, 15) is 4.79 Å². The number of benzene rings is 1. The summed E-state index contributed by atoms with van der Waals surface area (Å²) in [6.07, 6.45) is 0.430. The number of hydrogen-bond acceptors (Lipinski definition) is 3. The average molecular weight is 253 g/mol. The van der Waals surface area contributed by atoms with Crippen LogP contribution in [0.15, 0.2) is 18.2 Å².